The van der Waals surface area contributed by atoms with Gasteiger partial charge in [0.2, 0.25) is 0 Å². The first-order valence-corrected chi connectivity index (χ1v) is 27.7. The Kier molecular flexibility index (Phi) is 9.03. The summed E-state index contributed by atoms with van der Waals surface area (Å²) in [5, 5.41) is 4.88. The van der Waals surface area contributed by atoms with Gasteiger partial charge in [0.05, 0.1) is 33.4 Å². The molecule has 6 heterocycles. The average molecular weight is 1020 g/mol. The van der Waals surface area contributed by atoms with E-state index < -0.39 is 0 Å². The quantitative estimate of drug-likeness (QED) is 0.161. The van der Waals surface area contributed by atoms with Crippen molar-refractivity contribution in [2.45, 2.75) is 0 Å². The highest BCUT2D eigenvalue weighted by Crippen LogP contribution is 2.50. The molecule has 0 saturated heterocycles. The Bertz CT molecular complexity index is 4890. The van der Waals surface area contributed by atoms with Gasteiger partial charge >= 0.3 is 0 Å². The Morgan fingerprint density at radius 2 is 0.675 bits per heavy atom. The van der Waals surface area contributed by atoms with E-state index >= 15 is 0 Å². The Labute approximate surface area is 463 Å². The number of fused-ring (bicyclic) bond motifs is 16. The lowest BCUT2D eigenvalue weighted by atomic mass is 9.30. The van der Waals surface area contributed by atoms with Gasteiger partial charge in [0.25, 0.3) is 13.4 Å². The summed E-state index contributed by atoms with van der Waals surface area (Å²) in [6.45, 7) is -0.336. The van der Waals surface area contributed by atoms with E-state index in [0.29, 0.717) is 0 Å². The van der Waals surface area contributed by atoms with Crippen LogP contribution in [-0.2, 0) is 0 Å². The number of hydrogen-bond acceptors (Lipinski definition) is 4. The van der Waals surface area contributed by atoms with Crippen molar-refractivity contribution in [1.29, 1.82) is 0 Å². The van der Waals surface area contributed by atoms with E-state index in [9.17, 15) is 0 Å². The molecule has 0 bridgehead atoms. The molecule has 0 radical (unpaired) electrons. The van der Waals surface area contributed by atoms with Gasteiger partial charge in [-0.2, -0.15) is 0 Å². The fourth-order valence-electron chi connectivity index (χ4n) is 14.4. The molecule has 14 aromatic rings. The summed E-state index contributed by atoms with van der Waals surface area (Å²) in [5.74, 6) is 1.74. The standard InChI is InChI=1S/C72H45B2N5O/c1-6-22-46(23-7-1)75-61-36-20-37-62-67(61)73(55-42-40-53-51-32-16-18-34-59(51)76(47-24-8-2-9-25-47)69(53)71(55)78(62)49-28-12-4-13-29-49)57-44-58-66(45-64(57)75)80-65-39-21-38-63-68(65)74(58)56-43-41-54-52-33-17-19-35-60(52)77(48-26-10-3-11-27-48)70(54)72(56)79(63)50-30-14-5-15-31-50/h1-45H. The minimum absolute atomic E-state index is 0.160. The fourth-order valence-corrected chi connectivity index (χ4v) is 14.4. The van der Waals surface area contributed by atoms with E-state index in [1.165, 1.54) is 82.3 Å². The first-order valence-electron chi connectivity index (χ1n) is 27.7. The molecule has 12 aromatic carbocycles. The van der Waals surface area contributed by atoms with E-state index in [-0.39, 0.29) is 13.4 Å². The fraction of sp³-hybridized carbons (Fsp3) is 0. The lowest BCUT2D eigenvalue weighted by molar-refractivity contribution is 0.488. The van der Waals surface area contributed by atoms with Gasteiger partial charge in [0, 0.05) is 78.8 Å². The molecular formula is C72H45B2N5O. The topological polar surface area (TPSA) is 28.8 Å². The van der Waals surface area contributed by atoms with Crippen molar-refractivity contribution in [2.75, 3.05) is 14.7 Å². The molecule has 0 spiro atoms. The summed E-state index contributed by atoms with van der Waals surface area (Å²) in [6.07, 6.45) is 0. The van der Waals surface area contributed by atoms with Crippen LogP contribution in [0.5, 0.6) is 11.5 Å². The Balaban J connectivity index is 0.966. The molecule has 0 aliphatic carbocycles. The number of rotatable bonds is 5. The van der Waals surface area contributed by atoms with Gasteiger partial charge in [0.15, 0.2) is 0 Å². The Morgan fingerprint density at radius 3 is 1.19 bits per heavy atom. The average Bonchev–Trinajstić information content (AvgIpc) is 4.19. The number of ether oxygens (including phenoxy) is 1. The summed E-state index contributed by atoms with van der Waals surface area (Å²) >= 11 is 0. The van der Waals surface area contributed by atoms with Crippen LogP contribution >= 0.6 is 0 Å². The van der Waals surface area contributed by atoms with Gasteiger partial charge < -0.3 is 28.6 Å². The number of hydrogen-bond donors (Lipinski definition) is 0. The van der Waals surface area contributed by atoms with E-state index in [2.05, 4.69) is 297 Å². The van der Waals surface area contributed by atoms with Crippen LogP contribution in [0.15, 0.2) is 273 Å². The first-order chi connectivity index (χ1) is 39.8. The van der Waals surface area contributed by atoms with E-state index in [0.717, 1.165) is 68.1 Å². The van der Waals surface area contributed by atoms with Gasteiger partial charge in [-0.25, -0.2) is 0 Å². The summed E-state index contributed by atoms with van der Waals surface area (Å²) in [6, 6.07) is 100. The zero-order chi connectivity index (χ0) is 52.2. The molecule has 4 aliphatic heterocycles. The second-order valence-electron chi connectivity index (χ2n) is 21.5. The molecule has 80 heavy (non-hydrogen) atoms. The van der Waals surface area contributed by atoms with Crippen molar-refractivity contribution in [3.63, 3.8) is 0 Å². The van der Waals surface area contributed by atoms with Gasteiger partial charge in [-0.3, -0.25) is 0 Å². The SMILES string of the molecule is c1ccc(N2c3cc4c(cc3B3c5ccc6c7ccccc7n(-c7ccccc7)c6c5N(c5ccccc5)c5cccc2c53)B2c3ccc5c6ccccc6n(-c6ccccc6)c5c3N(c3ccccc3)c3cccc(c32)O4)cc1. The zero-order valence-electron chi connectivity index (χ0n) is 43.3. The van der Waals surface area contributed by atoms with Crippen molar-refractivity contribution in [3.8, 4) is 22.9 Å². The van der Waals surface area contributed by atoms with Crippen LogP contribution in [0.4, 0.5) is 51.2 Å². The number of benzene rings is 12. The molecule has 0 unspecified atom stereocenters. The Hall–Kier alpha value is -10.4. The molecule has 4 aliphatic rings. The predicted molar refractivity (Wildman–Crippen MR) is 335 cm³/mol. The lowest BCUT2D eigenvalue weighted by Crippen LogP contribution is -2.64. The van der Waals surface area contributed by atoms with Crippen molar-refractivity contribution >= 4 is 141 Å². The summed E-state index contributed by atoms with van der Waals surface area (Å²) in [7, 11) is 0. The summed E-state index contributed by atoms with van der Waals surface area (Å²) in [4.78, 5) is 7.54. The molecular weight excluding hydrogens is 972 g/mol. The minimum Gasteiger partial charge on any atom is -0.458 e. The third kappa shape index (κ3) is 5.88. The minimum atomic E-state index is -0.175. The van der Waals surface area contributed by atoms with Gasteiger partial charge in [-0.1, -0.05) is 170 Å². The predicted octanol–water partition coefficient (Wildman–Crippen LogP) is 14.4. The van der Waals surface area contributed by atoms with Gasteiger partial charge in [-0.05, 0) is 130 Å². The van der Waals surface area contributed by atoms with E-state index in [1.807, 2.05) is 0 Å². The molecule has 370 valence electrons. The lowest BCUT2D eigenvalue weighted by Gasteiger charge is -2.45. The molecule has 0 amide bonds. The van der Waals surface area contributed by atoms with Crippen molar-refractivity contribution in [2.24, 2.45) is 0 Å². The highest BCUT2D eigenvalue weighted by molar-refractivity contribution is 7.03. The first kappa shape index (κ1) is 43.6. The maximum Gasteiger partial charge on any atom is 0.256 e. The molecule has 0 N–H and O–H groups in total. The molecule has 0 saturated carbocycles. The highest BCUT2D eigenvalue weighted by Gasteiger charge is 2.48. The van der Waals surface area contributed by atoms with Crippen molar-refractivity contribution < 1.29 is 4.74 Å². The van der Waals surface area contributed by atoms with Crippen LogP contribution in [0.1, 0.15) is 0 Å². The molecule has 18 rings (SSSR count). The molecule has 0 atom stereocenters. The van der Waals surface area contributed by atoms with Crippen LogP contribution in [0.2, 0.25) is 0 Å². The number of anilines is 9. The second-order valence-corrected chi connectivity index (χ2v) is 21.5. The molecule has 6 nitrogen and oxygen atoms in total. The van der Waals surface area contributed by atoms with E-state index in [4.69, 9.17) is 4.74 Å². The monoisotopic (exact) mass is 1020 g/mol. The third-order valence-electron chi connectivity index (χ3n) is 17.5. The number of nitrogens with zero attached hydrogens (tertiary/aromatic N) is 5. The normalized spacial score (nSPS) is 13.5. The molecule has 2 aromatic heterocycles. The smallest absolute Gasteiger partial charge is 0.256 e. The highest BCUT2D eigenvalue weighted by atomic mass is 16.5. The zero-order valence-corrected chi connectivity index (χ0v) is 43.3. The maximum absolute atomic E-state index is 7.43. The Morgan fingerprint density at radius 1 is 0.263 bits per heavy atom. The van der Waals surface area contributed by atoms with Crippen LogP contribution < -0.4 is 52.2 Å². The van der Waals surface area contributed by atoms with E-state index in [1.54, 1.807) is 0 Å². The molecule has 8 heteroatoms. The summed E-state index contributed by atoms with van der Waals surface area (Å²) < 4.78 is 12.4. The number of aromatic nitrogens is 2. The third-order valence-corrected chi connectivity index (χ3v) is 17.5. The second kappa shape index (κ2) is 16.5. The van der Waals surface area contributed by atoms with Crippen molar-refractivity contribution in [3.05, 3.63) is 273 Å². The van der Waals surface area contributed by atoms with Gasteiger partial charge in [-0.15, -0.1) is 0 Å². The van der Waals surface area contributed by atoms with Gasteiger partial charge in [0.1, 0.15) is 11.5 Å². The number of para-hydroxylation sites is 7. The van der Waals surface area contributed by atoms with Crippen molar-refractivity contribution in [1.82, 2.24) is 9.13 Å². The molecule has 0 fully saturated rings. The maximum atomic E-state index is 7.43. The largest absolute Gasteiger partial charge is 0.458 e. The van der Waals surface area contributed by atoms with Crippen LogP contribution in [0.3, 0.4) is 0 Å². The summed E-state index contributed by atoms with van der Waals surface area (Å²) in [5.41, 5.74) is 24.5. The van der Waals surface area contributed by atoms with Crippen LogP contribution in [-0.4, -0.2) is 22.6 Å². The van der Waals surface area contributed by atoms with Crippen LogP contribution in [0.25, 0.3) is 55.0 Å². The van der Waals surface area contributed by atoms with Crippen LogP contribution in [0, 0.1) is 0 Å².